The highest BCUT2D eigenvalue weighted by atomic mass is 35.5. The van der Waals surface area contributed by atoms with Gasteiger partial charge in [-0.15, -0.1) is 24.8 Å². The number of hydrogen-bond donors (Lipinski definition) is 1. The van der Waals surface area contributed by atoms with E-state index in [9.17, 15) is 4.79 Å². The van der Waals surface area contributed by atoms with Gasteiger partial charge in [0.15, 0.2) is 11.5 Å². The SMILES string of the molecule is COc1cc2c(c3c1OC(C)(C)C3)C(c1cccc(C(=O)NC3CN4CCC3CC4)c1)=NC(C)(C)C2.Cl.Cl. The molecule has 1 amide bonds. The van der Waals surface area contributed by atoms with Gasteiger partial charge in [-0.2, -0.15) is 0 Å². The van der Waals surface area contributed by atoms with Crippen LogP contribution in [0.5, 0.6) is 11.5 Å². The minimum Gasteiger partial charge on any atom is -0.493 e. The second-order valence-corrected chi connectivity index (χ2v) is 12.2. The van der Waals surface area contributed by atoms with E-state index in [1.165, 1.54) is 18.4 Å². The molecule has 206 valence electrons. The molecule has 2 aromatic carbocycles. The summed E-state index contributed by atoms with van der Waals surface area (Å²) in [6.07, 6.45) is 3.98. The predicted molar refractivity (Wildman–Crippen MR) is 156 cm³/mol. The number of ether oxygens (including phenoxy) is 2. The minimum absolute atomic E-state index is 0. The van der Waals surface area contributed by atoms with E-state index in [1.807, 2.05) is 18.2 Å². The lowest BCUT2D eigenvalue weighted by molar-refractivity contribution is 0.0620. The molecule has 0 aromatic heterocycles. The molecule has 6 nitrogen and oxygen atoms in total. The Morgan fingerprint density at radius 1 is 1.11 bits per heavy atom. The first-order valence-corrected chi connectivity index (χ1v) is 13.3. The summed E-state index contributed by atoms with van der Waals surface area (Å²) < 4.78 is 12.1. The van der Waals surface area contributed by atoms with Crippen LogP contribution in [-0.2, 0) is 12.8 Å². The second kappa shape index (κ2) is 10.4. The maximum absolute atomic E-state index is 13.3. The number of aliphatic imine (C=N–C) groups is 1. The van der Waals surface area contributed by atoms with E-state index in [1.54, 1.807) is 7.11 Å². The summed E-state index contributed by atoms with van der Waals surface area (Å²) in [4.78, 5) is 21.1. The quantitative estimate of drug-likeness (QED) is 0.555. The Bertz CT molecular complexity index is 1270. The number of benzene rings is 2. The molecule has 5 heterocycles. The summed E-state index contributed by atoms with van der Waals surface area (Å²) in [5.41, 5.74) is 5.57. The Morgan fingerprint density at radius 2 is 1.84 bits per heavy atom. The molecule has 3 saturated heterocycles. The fourth-order valence-corrected chi connectivity index (χ4v) is 6.62. The maximum Gasteiger partial charge on any atom is 0.251 e. The molecular weight excluding hydrogens is 521 g/mol. The zero-order valence-electron chi connectivity index (χ0n) is 22.9. The normalized spacial score (nSPS) is 25.5. The molecule has 1 N–H and O–H groups in total. The predicted octanol–water partition coefficient (Wildman–Crippen LogP) is 5.25. The molecule has 0 spiro atoms. The van der Waals surface area contributed by atoms with E-state index in [0.717, 1.165) is 66.4 Å². The number of piperidine rings is 3. The van der Waals surface area contributed by atoms with E-state index in [4.69, 9.17) is 14.5 Å². The van der Waals surface area contributed by atoms with E-state index < -0.39 is 0 Å². The molecule has 7 rings (SSSR count). The number of carbonyl (C=O) groups is 1. The first-order chi connectivity index (χ1) is 17.1. The molecule has 0 saturated carbocycles. The Labute approximate surface area is 238 Å². The van der Waals surface area contributed by atoms with E-state index in [0.29, 0.717) is 11.5 Å². The van der Waals surface area contributed by atoms with Crippen molar-refractivity contribution in [2.75, 3.05) is 26.7 Å². The van der Waals surface area contributed by atoms with Crippen molar-refractivity contribution in [2.45, 2.75) is 70.6 Å². The summed E-state index contributed by atoms with van der Waals surface area (Å²) in [7, 11) is 1.71. The fraction of sp³-hybridized carbons (Fsp3) is 0.533. The van der Waals surface area contributed by atoms with Crippen molar-refractivity contribution in [3.63, 3.8) is 0 Å². The van der Waals surface area contributed by atoms with Crippen molar-refractivity contribution in [3.05, 3.63) is 58.1 Å². The first kappa shape index (κ1) is 28.7. The Balaban J connectivity index is 0.00000168. The van der Waals surface area contributed by atoms with Gasteiger partial charge in [-0.1, -0.05) is 12.1 Å². The molecular formula is C30H39Cl2N3O3. The van der Waals surface area contributed by atoms with Crippen LogP contribution < -0.4 is 14.8 Å². The molecule has 5 aliphatic heterocycles. The highest BCUT2D eigenvalue weighted by molar-refractivity contribution is 6.16. The zero-order chi connectivity index (χ0) is 25.2. The van der Waals surface area contributed by atoms with Gasteiger partial charge in [0, 0.05) is 41.3 Å². The van der Waals surface area contributed by atoms with Crippen LogP contribution in [0.2, 0.25) is 0 Å². The summed E-state index contributed by atoms with van der Waals surface area (Å²) in [5, 5.41) is 3.34. The van der Waals surface area contributed by atoms with Crippen molar-refractivity contribution in [1.82, 2.24) is 10.2 Å². The fourth-order valence-electron chi connectivity index (χ4n) is 6.62. The lowest BCUT2D eigenvalue weighted by atomic mass is 9.80. The van der Waals surface area contributed by atoms with E-state index in [-0.39, 0.29) is 47.9 Å². The highest BCUT2D eigenvalue weighted by Crippen LogP contribution is 2.47. The van der Waals surface area contributed by atoms with Crippen LogP contribution in [0.15, 0.2) is 35.3 Å². The Hall–Kier alpha value is -2.28. The van der Waals surface area contributed by atoms with Gasteiger partial charge in [-0.3, -0.25) is 9.79 Å². The third kappa shape index (κ3) is 5.15. The molecule has 5 aliphatic rings. The smallest absolute Gasteiger partial charge is 0.251 e. The highest BCUT2D eigenvalue weighted by Gasteiger charge is 2.40. The number of fused-ring (bicyclic) bond motifs is 6. The number of methoxy groups -OCH3 is 1. The number of amides is 1. The van der Waals surface area contributed by atoms with Gasteiger partial charge >= 0.3 is 0 Å². The standard InChI is InChI=1S/C30H37N3O3.2ClH/c1-29(2)15-21-14-24(35-5)27-22(16-30(3,4)36-27)25(21)26(32-29)19-7-6-8-20(13-19)28(34)31-23-17-33-11-9-18(23)10-12-33;;/h6-8,13-14,18,23H,9-12,15-17H2,1-5H3,(H,31,34);2*1H. The van der Waals surface area contributed by atoms with Crippen LogP contribution in [0.4, 0.5) is 0 Å². The lowest BCUT2D eigenvalue weighted by Gasteiger charge is -2.44. The number of nitrogens with zero attached hydrogens (tertiary/aromatic N) is 2. The van der Waals surface area contributed by atoms with Crippen LogP contribution >= 0.6 is 24.8 Å². The van der Waals surface area contributed by atoms with Gasteiger partial charge in [-0.05, 0) is 89.7 Å². The Kier molecular flexibility index (Phi) is 7.83. The lowest BCUT2D eigenvalue weighted by Crippen LogP contribution is -2.57. The number of hydrogen-bond acceptors (Lipinski definition) is 5. The van der Waals surface area contributed by atoms with Crippen LogP contribution in [0.3, 0.4) is 0 Å². The molecule has 38 heavy (non-hydrogen) atoms. The van der Waals surface area contributed by atoms with Gasteiger partial charge in [0.1, 0.15) is 5.60 Å². The molecule has 3 fully saturated rings. The van der Waals surface area contributed by atoms with E-state index in [2.05, 4.69) is 50.0 Å². The summed E-state index contributed by atoms with van der Waals surface area (Å²) >= 11 is 0. The van der Waals surface area contributed by atoms with Gasteiger partial charge < -0.3 is 19.7 Å². The zero-order valence-corrected chi connectivity index (χ0v) is 24.6. The van der Waals surface area contributed by atoms with Gasteiger partial charge in [-0.25, -0.2) is 0 Å². The molecule has 0 aliphatic carbocycles. The number of halogens is 2. The average molecular weight is 561 g/mol. The van der Waals surface area contributed by atoms with Crippen LogP contribution in [0, 0.1) is 5.92 Å². The van der Waals surface area contributed by atoms with Crippen molar-refractivity contribution in [2.24, 2.45) is 10.9 Å². The van der Waals surface area contributed by atoms with Crippen LogP contribution in [0.25, 0.3) is 0 Å². The second-order valence-electron chi connectivity index (χ2n) is 12.2. The van der Waals surface area contributed by atoms with Crippen molar-refractivity contribution in [3.8, 4) is 11.5 Å². The summed E-state index contributed by atoms with van der Waals surface area (Å²) in [6, 6.07) is 10.3. The van der Waals surface area contributed by atoms with Crippen molar-refractivity contribution in [1.29, 1.82) is 0 Å². The topological polar surface area (TPSA) is 63.2 Å². The van der Waals surface area contributed by atoms with Crippen molar-refractivity contribution >= 4 is 36.4 Å². The van der Waals surface area contributed by atoms with Gasteiger partial charge in [0.05, 0.1) is 18.4 Å². The van der Waals surface area contributed by atoms with Crippen LogP contribution in [0.1, 0.15) is 73.1 Å². The maximum atomic E-state index is 13.3. The third-order valence-corrected chi connectivity index (χ3v) is 8.27. The molecule has 1 unspecified atom stereocenters. The summed E-state index contributed by atoms with van der Waals surface area (Å²) in [5.74, 6) is 2.22. The molecule has 2 bridgehead atoms. The van der Waals surface area contributed by atoms with Crippen LogP contribution in [-0.4, -0.2) is 60.4 Å². The molecule has 1 atom stereocenters. The Morgan fingerprint density at radius 3 is 2.50 bits per heavy atom. The number of carbonyl (C=O) groups excluding carboxylic acids is 1. The molecule has 8 heteroatoms. The number of nitrogens with one attached hydrogen (secondary N) is 1. The first-order valence-electron chi connectivity index (χ1n) is 13.3. The number of rotatable bonds is 4. The molecule has 0 radical (unpaired) electrons. The largest absolute Gasteiger partial charge is 0.493 e. The van der Waals surface area contributed by atoms with Gasteiger partial charge in [0.25, 0.3) is 5.91 Å². The van der Waals surface area contributed by atoms with Crippen molar-refractivity contribution < 1.29 is 14.3 Å². The monoisotopic (exact) mass is 559 g/mol. The molecule has 2 aromatic rings. The average Bonchev–Trinajstić information content (AvgIpc) is 3.18. The minimum atomic E-state index is -0.306. The van der Waals surface area contributed by atoms with Gasteiger partial charge in [0.2, 0.25) is 0 Å². The third-order valence-electron chi connectivity index (χ3n) is 8.27. The van der Waals surface area contributed by atoms with E-state index >= 15 is 0 Å². The summed E-state index contributed by atoms with van der Waals surface area (Å²) in [6.45, 7) is 11.9.